The molecule has 142 valence electrons. The predicted octanol–water partition coefficient (Wildman–Crippen LogP) is 4.49. The molecule has 0 amide bonds. The molecule has 0 fully saturated rings. The molecule has 0 saturated carbocycles. The summed E-state index contributed by atoms with van der Waals surface area (Å²) in [7, 11) is 1.54. The molecule has 3 rings (SSSR count). The zero-order valence-corrected chi connectivity index (χ0v) is 15.5. The molecule has 7 heteroatoms. The highest BCUT2D eigenvalue weighted by Gasteiger charge is 2.15. The van der Waals surface area contributed by atoms with E-state index in [4.69, 9.17) is 25.8 Å². The number of ether oxygens (including phenoxy) is 3. The average Bonchev–Trinajstić information content (AvgIpc) is 2.70. The van der Waals surface area contributed by atoms with Gasteiger partial charge in [-0.15, -0.1) is 0 Å². The fourth-order valence-corrected chi connectivity index (χ4v) is 2.50. The average molecular weight is 399 g/mol. The van der Waals surface area contributed by atoms with Crippen LogP contribution in [0.15, 0.2) is 66.7 Å². The summed E-state index contributed by atoms with van der Waals surface area (Å²) in [5.74, 6) is -0.124. The molecule has 0 saturated heterocycles. The number of phenolic OH excluding ortho intramolecular Hbond substituents is 1. The molecule has 0 atom stereocenters. The molecular formula is C21H15ClO6. The number of carbonyl (C=O) groups excluding carboxylic acids is 2. The first kappa shape index (κ1) is 19.3. The number of carbonyl (C=O) groups is 2. The molecule has 28 heavy (non-hydrogen) atoms. The maximum atomic E-state index is 12.3. The van der Waals surface area contributed by atoms with Gasteiger partial charge in [0.1, 0.15) is 23.0 Å². The molecule has 1 N–H and O–H groups in total. The summed E-state index contributed by atoms with van der Waals surface area (Å²) in [4.78, 5) is 24.4. The van der Waals surface area contributed by atoms with Gasteiger partial charge in [0.2, 0.25) is 0 Å². The molecule has 0 radical (unpaired) electrons. The maximum Gasteiger partial charge on any atom is 0.343 e. The topological polar surface area (TPSA) is 82.1 Å². The molecule has 0 aliphatic heterocycles. The van der Waals surface area contributed by atoms with E-state index in [1.54, 1.807) is 31.4 Å². The summed E-state index contributed by atoms with van der Waals surface area (Å²) >= 11 is 6.13. The lowest BCUT2D eigenvalue weighted by atomic mass is 10.2. The Hall–Kier alpha value is -3.51. The second kappa shape index (κ2) is 8.45. The summed E-state index contributed by atoms with van der Waals surface area (Å²) in [5.41, 5.74) is 0.446. The molecule has 0 aromatic heterocycles. The summed E-state index contributed by atoms with van der Waals surface area (Å²) in [6.07, 6.45) is 0. The number of benzene rings is 3. The lowest BCUT2D eigenvalue weighted by Crippen LogP contribution is -2.10. The van der Waals surface area contributed by atoms with E-state index in [9.17, 15) is 14.7 Å². The van der Waals surface area contributed by atoms with Crippen LogP contribution in [-0.4, -0.2) is 24.2 Å². The van der Waals surface area contributed by atoms with E-state index in [2.05, 4.69) is 0 Å². The quantitative estimate of drug-likeness (QED) is 0.503. The van der Waals surface area contributed by atoms with Crippen LogP contribution in [0.1, 0.15) is 20.7 Å². The van der Waals surface area contributed by atoms with Gasteiger partial charge in [0.25, 0.3) is 0 Å². The van der Waals surface area contributed by atoms with Crippen molar-refractivity contribution in [2.24, 2.45) is 0 Å². The molecule has 0 spiro atoms. The number of rotatable bonds is 5. The fourth-order valence-electron chi connectivity index (χ4n) is 2.28. The Morgan fingerprint density at radius 2 is 1.36 bits per heavy atom. The van der Waals surface area contributed by atoms with E-state index in [0.29, 0.717) is 11.5 Å². The third kappa shape index (κ3) is 4.61. The highest BCUT2D eigenvalue weighted by Crippen LogP contribution is 2.27. The first-order valence-electron chi connectivity index (χ1n) is 8.13. The maximum absolute atomic E-state index is 12.3. The number of phenols is 1. The minimum absolute atomic E-state index is 0.0364. The minimum Gasteiger partial charge on any atom is -0.508 e. The number of hydrogen-bond donors (Lipinski definition) is 1. The fraction of sp³-hybridized carbons (Fsp3) is 0.0476. The van der Waals surface area contributed by atoms with Crippen molar-refractivity contribution in [3.63, 3.8) is 0 Å². The van der Waals surface area contributed by atoms with Gasteiger partial charge in [0.05, 0.1) is 23.3 Å². The predicted molar refractivity (Wildman–Crippen MR) is 102 cm³/mol. The number of methoxy groups -OCH3 is 1. The second-order valence-electron chi connectivity index (χ2n) is 5.65. The Kier molecular flexibility index (Phi) is 5.81. The molecule has 0 heterocycles. The SMILES string of the molecule is COc1ccc(OC(=O)c2ccc(OC(=O)c3ccc(O)cc3)c(Cl)c2)cc1. The smallest absolute Gasteiger partial charge is 0.343 e. The zero-order valence-electron chi connectivity index (χ0n) is 14.7. The lowest BCUT2D eigenvalue weighted by Gasteiger charge is -2.09. The van der Waals surface area contributed by atoms with Crippen LogP contribution in [0, 0.1) is 0 Å². The van der Waals surface area contributed by atoms with Crippen LogP contribution < -0.4 is 14.2 Å². The van der Waals surface area contributed by atoms with Crippen LogP contribution in [0.2, 0.25) is 5.02 Å². The van der Waals surface area contributed by atoms with E-state index in [0.717, 1.165) is 0 Å². The highest BCUT2D eigenvalue weighted by atomic mass is 35.5. The van der Waals surface area contributed by atoms with Crippen LogP contribution >= 0.6 is 11.6 Å². The van der Waals surface area contributed by atoms with E-state index >= 15 is 0 Å². The molecule has 3 aromatic carbocycles. The van der Waals surface area contributed by atoms with E-state index in [-0.39, 0.29) is 27.6 Å². The van der Waals surface area contributed by atoms with Crippen molar-refractivity contribution in [3.8, 4) is 23.0 Å². The third-order valence-corrected chi connectivity index (χ3v) is 4.04. The van der Waals surface area contributed by atoms with Crippen LogP contribution in [-0.2, 0) is 0 Å². The normalized spacial score (nSPS) is 10.2. The van der Waals surface area contributed by atoms with Crippen molar-refractivity contribution < 1.29 is 28.9 Å². The molecule has 0 aliphatic carbocycles. The summed E-state index contributed by atoms with van der Waals surface area (Å²) < 4.78 is 15.5. The van der Waals surface area contributed by atoms with Gasteiger partial charge in [-0.25, -0.2) is 9.59 Å². The van der Waals surface area contributed by atoms with Crippen LogP contribution in [0.5, 0.6) is 23.0 Å². The Morgan fingerprint density at radius 1 is 0.786 bits per heavy atom. The molecule has 0 bridgehead atoms. The largest absolute Gasteiger partial charge is 0.508 e. The lowest BCUT2D eigenvalue weighted by molar-refractivity contribution is 0.0730. The summed E-state index contributed by atoms with van der Waals surface area (Å²) in [5, 5.41) is 9.34. The molecule has 6 nitrogen and oxygen atoms in total. The number of esters is 2. The van der Waals surface area contributed by atoms with Crippen LogP contribution in [0.25, 0.3) is 0 Å². The summed E-state index contributed by atoms with van der Waals surface area (Å²) in [6, 6.07) is 16.3. The van der Waals surface area contributed by atoms with E-state index < -0.39 is 11.9 Å². The number of hydrogen-bond acceptors (Lipinski definition) is 6. The van der Waals surface area contributed by atoms with Gasteiger partial charge in [0, 0.05) is 0 Å². The molecule has 0 unspecified atom stereocenters. The van der Waals surface area contributed by atoms with Crippen LogP contribution in [0.3, 0.4) is 0 Å². The highest BCUT2D eigenvalue weighted by molar-refractivity contribution is 6.32. The third-order valence-electron chi connectivity index (χ3n) is 3.74. The van der Waals surface area contributed by atoms with E-state index in [1.807, 2.05) is 0 Å². The van der Waals surface area contributed by atoms with Gasteiger partial charge in [-0.1, -0.05) is 11.6 Å². The Bertz CT molecular complexity index is 996. The van der Waals surface area contributed by atoms with Gasteiger partial charge in [-0.3, -0.25) is 0 Å². The Labute approximate surface area is 165 Å². The molecule has 3 aromatic rings. The van der Waals surface area contributed by atoms with Gasteiger partial charge in [-0.05, 0) is 66.7 Å². The minimum atomic E-state index is -0.643. The van der Waals surface area contributed by atoms with Gasteiger partial charge >= 0.3 is 11.9 Å². The standard InChI is InChI=1S/C21H15ClO6/c1-26-16-7-9-17(10-8-16)27-21(25)14-4-11-19(18(22)12-14)28-20(24)13-2-5-15(23)6-3-13/h2-12,23H,1H3. The number of aromatic hydroxyl groups is 1. The van der Waals surface area contributed by atoms with Crippen molar-refractivity contribution in [2.45, 2.75) is 0 Å². The molecule has 0 aliphatic rings. The van der Waals surface area contributed by atoms with Crippen LogP contribution in [0.4, 0.5) is 0 Å². The van der Waals surface area contributed by atoms with Gasteiger partial charge in [-0.2, -0.15) is 0 Å². The van der Waals surface area contributed by atoms with Gasteiger partial charge in [0.15, 0.2) is 0 Å². The summed E-state index contributed by atoms with van der Waals surface area (Å²) in [6.45, 7) is 0. The first-order chi connectivity index (χ1) is 13.5. The van der Waals surface area contributed by atoms with Crippen molar-refractivity contribution >= 4 is 23.5 Å². The van der Waals surface area contributed by atoms with Crippen molar-refractivity contribution in [1.29, 1.82) is 0 Å². The van der Waals surface area contributed by atoms with E-state index in [1.165, 1.54) is 42.5 Å². The van der Waals surface area contributed by atoms with Crippen molar-refractivity contribution in [1.82, 2.24) is 0 Å². The zero-order chi connectivity index (χ0) is 20.1. The van der Waals surface area contributed by atoms with Crippen molar-refractivity contribution in [3.05, 3.63) is 82.9 Å². The van der Waals surface area contributed by atoms with Gasteiger partial charge < -0.3 is 19.3 Å². The Morgan fingerprint density at radius 3 is 1.96 bits per heavy atom. The Balaban J connectivity index is 1.69. The first-order valence-corrected chi connectivity index (χ1v) is 8.51. The van der Waals surface area contributed by atoms with Crippen molar-refractivity contribution in [2.75, 3.05) is 7.11 Å². The second-order valence-corrected chi connectivity index (χ2v) is 6.05. The number of halogens is 1. The molecular weight excluding hydrogens is 384 g/mol. The monoisotopic (exact) mass is 398 g/mol.